The number of carbonyl (C=O) groups is 1. The summed E-state index contributed by atoms with van der Waals surface area (Å²) < 4.78 is 3.53. The molecule has 37 heavy (non-hydrogen) atoms. The van der Waals surface area contributed by atoms with Gasteiger partial charge in [0, 0.05) is 73.9 Å². The summed E-state index contributed by atoms with van der Waals surface area (Å²) in [4.78, 5) is 19.1. The van der Waals surface area contributed by atoms with Crippen molar-refractivity contribution >= 4 is 17.2 Å². The summed E-state index contributed by atoms with van der Waals surface area (Å²) in [6.07, 6.45) is 9.80. The number of aromatic nitrogens is 5. The van der Waals surface area contributed by atoms with Gasteiger partial charge in [-0.3, -0.25) is 9.48 Å². The highest BCUT2D eigenvalue weighted by Gasteiger charge is 2.55. The molecule has 1 aliphatic heterocycles. The molecular formula is C28H30N8O. The summed E-state index contributed by atoms with van der Waals surface area (Å²) in [7, 11) is 1.89. The topological polar surface area (TPSA) is 104 Å². The van der Waals surface area contributed by atoms with Crippen molar-refractivity contribution in [2.24, 2.45) is 30.7 Å². The second kappa shape index (κ2) is 9.04. The third-order valence-electron chi connectivity index (χ3n) is 7.65. The lowest BCUT2D eigenvalue weighted by Crippen LogP contribution is -2.31. The molecular weight excluding hydrogens is 464 g/mol. The van der Waals surface area contributed by atoms with Gasteiger partial charge in [-0.05, 0) is 41.9 Å². The van der Waals surface area contributed by atoms with Crippen LogP contribution in [0.1, 0.15) is 25.8 Å². The number of piperidine rings is 1. The number of aryl methyl sites for hydroxylation is 1. The van der Waals surface area contributed by atoms with E-state index in [9.17, 15) is 10.1 Å². The van der Waals surface area contributed by atoms with Crippen LogP contribution in [0.3, 0.4) is 0 Å². The number of hydrogen-bond donors (Lipinski definition) is 1. The van der Waals surface area contributed by atoms with Gasteiger partial charge in [-0.2, -0.15) is 15.5 Å². The molecule has 0 aromatic carbocycles. The maximum absolute atomic E-state index is 12.0. The number of nitrogens with one attached hydrogen (secondary N) is 1. The van der Waals surface area contributed by atoms with Crippen LogP contribution < -0.4 is 10.2 Å². The fourth-order valence-corrected chi connectivity index (χ4v) is 5.70. The van der Waals surface area contributed by atoms with Crippen molar-refractivity contribution in [3.05, 3.63) is 54.7 Å². The second-order valence-corrected chi connectivity index (χ2v) is 10.7. The van der Waals surface area contributed by atoms with Gasteiger partial charge in [-0.15, -0.1) is 0 Å². The highest BCUT2D eigenvalue weighted by molar-refractivity contribution is 5.87. The molecule has 2 aliphatic rings. The molecule has 9 heteroatoms. The summed E-state index contributed by atoms with van der Waals surface area (Å²) >= 11 is 0. The lowest BCUT2D eigenvalue weighted by molar-refractivity contribution is -0.121. The van der Waals surface area contributed by atoms with Crippen molar-refractivity contribution in [2.45, 2.75) is 20.3 Å². The number of amides is 1. The highest BCUT2D eigenvalue weighted by Crippen LogP contribution is 2.52. The van der Waals surface area contributed by atoms with Gasteiger partial charge in [0.25, 0.3) is 0 Å². The van der Waals surface area contributed by atoms with Crippen molar-refractivity contribution in [1.29, 1.82) is 5.26 Å². The molecule has 0 spiro atoms. The first-order chi connectivity index (χ1) is 17.9. The smallest absolute Gasteiger partial charge is 0.220 e. The van der Waals surface area contributed by atoms with Gasteiger partial charge in [0.1, 0.15) is 11.9 Å². The molecule has 4 aromatic heterocycles. The summed E-state index contributed by atoms with van der Waals surface area (Å²) in [6.45, 7) is 6.88. The molecule has 0 unspecified atom stereocenters. The molecule has 0 bridgehead atoms. The SMILES string of the molecule is CC(C)CC(=O)NC[C@@H]1[C@H]2CN(c3ccc(-c4cc(-c5cnn(C)c5)cn5ncc(C#N)c45)cn3)C[C@@H]12. The van der Waals surface area contributed by atoms with Gasteiger partial charge in [0.15, 0.2) is 0 Å². The molecule has 6 rings (SSSR count). The van der Waals surface area contributed by atoms with Gasteiger partial charge in [0.05, 0.1) is 23.5 Å². The van der Waals surface area contributed by atoms with E-state index in [1.165, 1.54) is 0 Å². The molecule has 4 aromatic rings. The molecule has 1 N–H and O–H groups in total. The molecule has 188 valence electrons. The van der Waals surface area contributed by atoms with Crippen LogP contribution >= 0.6 is 0 Å². The summed E-state index contributed by atoms with van der Waals surface area (Å²) in [5.41, 5.74) is 5.11. The number of fused-ring (bicyclic) bond motifs is 2. The molecule has 0 radical (unpaired) electrons. The molecule has 1 aliphatic carbocycles. The van der Waals surface area contributed by atoms with E-state index >= 15 is 0 Å². The average molecular weight is 495 g/mol. The van der Waals surface area contributed by atoms with Crippen LogP contribution in [0.4, 0.5) is 5.82 Å². The van der Waals surface area contributed by atoms with Crippen molar-refractivity contribution in [3.8, 4) is 28.3 Å². The Morgan fingerprint density at radius 1 is 1.11 bits per heavy atom. The minimum absolute atomic E-state index is 0.161. The third kappa shape index (κ3) is 4.33. The fourth-order valence-electron chi connectivity index (χ4n) is 5.70. The Bertz CT molecular complexity index is 1500. The normalized spacial score (nSPS) is 20.3. The molecule has 5 heterocycles. The Hall–Kier alpha value is -4.19. The van der Waals surface area contributed by atoms with E-state index in [4.69, 9.17) is 4.98 Å². The van der Waals surface area contributed by atoms with E-state index in [0.29, 0.717) is 35.7 Å². The summed E-state index contributed by atoms with van der Waals surface area (Å²) in [6, 6.07) is 8.48. The predicted octanol–water partition coefficient (Wildman–Crippen LogP) is 3.51. The van der Waals surface area contributed by atoms with E-state index in [-0.39, 0.29) is 5.91 Å². The first-order valence-corrected chi connectivity index (χ1v) is 12.8. The third-order valence-corrected chi connectivity index (χ3v) is 7.65. The minimum atomic E-state index is 0.161. The highest BCUT2D eigenvalue weighted by atomic mass is 16.1. The number of hydrogen-bond acceptors (Lipinski definition) is 6. The number of nitriles is 1. The van der Waals surface area contributed by atoms with Crippen molar-refractivity contribution in [2.75, 3.05) is 24.5 Å². The van der Waals surface area contributed by atoms with E-state index in [0.717, 1.165) is 53.2 Å². The molecule has 2 fully saturated rings. The van der Waals surface area contributed by atoms with Gasteiger partial charge in [-0.25, -0.2) is 9.50 Å². The van der Waals surface area contributed by atoms with Crippen LogP contribution in [0, 0.1) is 35.0 Å². The zero-order chi connectivity index (χ0) is 25.7. The average Bonchev–Trinajstić information content (AvgIpc) is 3.32. The van der Waals surface area contributed by atoms with Crippen LogP contribution in [0.15, 0.2) is 49.2 Å². The maximum Gasteiger partial charge on any atom is 0.220 e. The van der Waals surface area contributed by atoms with Gasteiger partial charge >= 0.3 is 0 Å². The van der Waals surface area contributed by atoms with Crippen LogP contribution in [-0.2, 0) is 11.8 Å². The van der Waals surface area contributed by atoms with Crippen LogP contribution in [0.25, 0.3) is 27.8 Å². The van der Waals surface area contributed by atoms with E-state index in [2.05, 4.69) is 58.5 Å². The zero-order valence-electron chi connectivity index (χ0n) is 21.3. The molecule has 9 nitrogen and oxygen atoms in total. The Morgan fingerprint density at radius 2 is 1.92 bits per heavy atom. The second-order valence-electron chi connectivity index (χ2n) is 10.7. The summed E-state index contributed by atoms with van der Waals surface area (Å²) in [5.74, 6) is 3.35. The number of pyridine rings is 2. The van der Waals surface area contributed by atoms with E-state index in [1.807, 2.05) is 31.8 Å². The van der Waals surface area contributed by atoms with Crippen LogP contribution in [0.2, 0.25) is 0 Å². The van der Waals surface area contributed by atoms with Crippen molar-refractivity contribution in [3.63, 3.8) is 0 Å². The Labute approximate surface area is 215 Å². The Morgan fingerprint density at radius 3 is 2.57 bits per heavy atom. The molecule has 1 amide bonds. The summed E-state index contributed by atoms with van der Waals surface area (Å²) in [5, 5.41) is 21.5. The standard InChI is InChI=1S/C28H30N8O/c1-17(2)6-27(37)31-12-23-24-15-35(16-25(23)24)26-5-4-18(9-30-26)22-7-19(21-11-32-34(3)13-21)14-36-28(22)20(8-29)10-33-36/h4-5,7,9-11,13-14,17,23-25H,6,12,15-16H2,1-3H3,(H,31,37)/t23-,24-,25+. The Kier molecular flexibility index (Phi) is 5.67. The minimum Gasteiger partial charge on any atom is -0.356 e. The lowest BCUT2D eigenvalue weighted by atomic mass is 10.0. The lowest BCUT2D eigenvalue weighted by Gasteiger charge is -2.21. The largest absolute Gasteiger partial charge is 0.356 e. The van der Waals surface area contributed by atoms with Crippen LogP contribution in [-0.4, -0.2) is 49.9 Å². The number of rotatable bonds is 7. The number of nitrogens with zero attached hydrogens (tertiary/aromatic N) is 7. The van der Waals surface area contributed by atoms with Gasteiger partial charge in [0.2, 0.25) is 5.91 Å². The predicted molar refractivity (Wildman–Crippen MR) is 140 cm³/mol. The van der Waals surface area contributed by atoms with E-state index in [1.54, 1.807) is 15.4 Å². The first-order valence-electron chi connectivity index (χ1n) is 12.8. The van der Waals surface area contributed by atoms with Crippen LogP contribution in [0.5, 0.6) is 0 Å². The van der Waals surface area contributed by atoms with Crippen molar-refractivity contribution < 1.29 is 4.79 Å². The van der Waals surface area contributed by atoms with Gasteiger partial charge < -0.3 is 10.2 Å². The zero-order valence-corrected chi connectivity index (χ0v) is 21.3. The maximum atomic E-state index is 12.0. The quantitative estimate of drug-likeness (QED) is 0.422. The fraction of sp³-hybridized carbons (Fsp3) is 0.393. The van der Waals surface area contributed by atoms with Gasteiger partial charge in [-0.1, -0.05) is 13.8 Å². The number of carbonyl (C=O) groups excluding carboxylic acids is 1. The Balaban J connectivity index is 1.19. The monoisotopic (exact) mass is 494 g/mol. The molecule has 3 atom stereocenters. The number of anilines is 1. The molecule has 1 saturated carbocycles. The molecule has 1 saturated heterocycles. The first kappa shape index (κ1) is 23.2. The van der Waals surface area contributed by atoms with Crippen molar-refractivity contribution in [1.82, 2.24) is 29.7 Å². The van der Waals surface area contributed by atoms with E-state index < -0.39 is 0 Å².